The van der Waals surface area contributed by atoms with Gasteiger partial charge in [-0.05, 0) is 29.0 Å². The van der Waals surface area contributed by atoms with Crippen molar-refractivity contribution in [3.63, 3.8) is 0 Å². The van der Waals surface area contributed by atoms with E-state index in [9.17, 15) is 0 Å². The van der Waals surface area contributed by atoms with Gasteiger partial charge in [0.25, 0.3) is 0 Å². The average Bonchev–Trinajstić information content (AvgIpc) is 3.05. The fourth-order valence-corrected chi connectivity index (χ4v) is 3.13. The Labute approximate surface area is 115 Å². The van der Waals surface area contributed by atoms with Crippen LogP contribution in [0.2, 0.25) is 0 Å². The maximum atomic E-state index is 5.97. The molecule has 2 aromatic heterocycles. The Morgan fingerprint density at radius 3 is 2.74 bits per heavy atom. The summed E-state index contributed by atoms with van der Waals surface area (Å²) in [6, 6.07) is 12.1. The molecule has 0 saturated heterocycles. The van der Waals surface area contributed by atoms with E-state index in [4.69, 9.17) is 10.3 Å². The highest BCUT2D eigenvalue weighted by Crippen LogP contribution is 2.40. The molecule has 0 radical (unpaired) electrons. The number of hydrogen-bond acceptors (Lipinski definition) is 4. The molecule has 0 bridgehead atoms. The Balaban J connectivity index is 2.20. The van der Waals surface area contributed by atoms with Gasteiger partial charge in [0.1, 0.15) is 0 Å². The van der Waals surface area contributed by atoms with Gasteiger partial charge in [0.05, 0.1) is 10.4 Å². The smallest absolute Gasteiger partial charge is 0.187 e. The van der Waals surface area contributed by atoms with Crippen LogP contribution in [0.15, 0.2) is 46.3 Å². The third kappa shape index (κ3) is 2.04. The van der Waals surface area contributed by atoms with E-state index in [1.54, 1.807) is 11.3 Å². The molecule has 0 aliphatic heterocycles. The summed E-state index contributed by atoms with van der Waals surface area (Å²) < 4.78 is 5.47. The molecule has 2 heterocycles. The molecule has 3 nitrogen and oxygen atoms in total. The summed E-state index contributed by atoms with van der Waals surface area (Å²) in [5, 5.41) is 6.00. The van der Waals surface area contributed by atoms with E-state index in [0.717, 1.165) is 28.2 Å². The first-order chi connectivity index (χ1) is 9.31. The van der Waals surface area contributed by atoms with Crippen molar-refractivity contribution in [3.05, 3.63) is 47.3 Å². The maximum absolute atomic E-state index is 5.97. The zero-order valence-electron chi connectivity index (χ0n) is 10.6. The summed E-state index contributed by atoms with van der Waals surface area (Å²) in [5.41, 5.74) is 9.15. The molecule has 3 rings (SSSR count). The van der Waals surface area contributed by atoms with E-state index in [-0.39, 0.29) is 0 Å². The quantitative estimate of drug-likeness (QED) is 0.775. The normalized spacial score (nSPS) is 10.8. The van der Waals surface area contributed by atoms with Crippen LogP contribution in [-0.2, 0) is 6.42 Å². The molecule has 4 heteroatoms. The molecule has 0 spiro atoms. The van der Waals surface area contributed by atoms with Crippen molar-refractivity contribution in [2.24, 2.45) is 0 Å². The van der Waals surface area contributed by atoms with Crippen LogP contribution in [0.1, 0.15) is 12.5 Å². The van der Waals surface area contributed by atoms with Crippen molar-refractivity contribution in [2.45, 2.75) is 13.3 Å². The number of nitrogens with two attached hydrogens (primary N) is 1. The van der Waals surface area contributed by atoms with Crippen LogP contribution in [0.4, 0.5) is 5.82 Å². The highest BCUT2D eigenvalue weighted by atomic mass is 32.1. The standard InChI is InChI=1S/C15H14N2OS/c1-2-10-8-9-19-14(10)13-12(15(16)17-18-13)11-6-4-3-5-7-11/h3-9H,2H2,1H3,(H2,16,17). The summed E-state index contributed by atoms with van der Waals surface area (Å²) in [6.45, 7) is 2.13. The van der Waals surface area contributed by atoms with Crippen molar-refractivity contribution >= 4 is 17.2 Å². The van der Waals surface area contributed by atoms with Gasteiger partial charge < -0.3 is 10.3 Å². The average molecular weight is 270 g/mol. The number of nitrogens with zero attached hydrogens (tertiary/aromatic N) is 1. The van der Waals surface area contributed by atoms with Crippen LogP contribution in [-0.4, -0.2) is 5.16 Å². The van der Waals surface area contributed by atoms with Gasteiger partial charge in [-0.1, -0.05) is 42.4 Å². The molecule has 0 fully saturated rings. The SMILES string of the molecule is CCc1ccsc1-c1onc(N)c1-c1ccccc1. The number of rotatable bonds is 3. The molecule has 1 aromatic carbocycles. The third-order valence-electron chi connectivity index (χ3n) is 3.11. The first kappa shape index (κ1) is 12.0. The lowest BCUT2D eigenvalue weighted by Gasteiger charge is -2.02. The van der Waals surface area contributed by atoms with Crippen LogP contribution in [0.5, 0.6) is 0 Å². The fourth-order valence-electron chi connectivity index (χ4n) is 2.15. The Morgan fingerprint density at radius 1 is 1.21 bits per heavy atom. The molecule has 0 amide bonds. The molecule has 3 aromatic rings. The van der Waals surface area contributed by atoms with Crippen LogP contribution >= 0.6 is 11.3 Å². The number of aryl methyl sites for hydroxylation is 1. The number of hydrogen-bond donors (Lipinski definition) is 1. The number of thiophene rings is 1. The van der Waals surface area contributed by atoms with E-state index in [2.05, 4.69) is 23.5 Å². The predicted octanol–water partition coefficient (Wildman–Crippen LogP) is 4.21. The van der Waals surface area contributed by atoms with E-state index < -0.39 is 0 Å². The molecule has 19 heavy (non-hydrogen) atoms. The second-order valence-corrected chi connectivity index (χ2v) is 5.18. The Bertz CT molecular complexity index is 685. The summed E-state index contributed by atoms with van der Waals surface area (Å²) >= 11 is 1.66. The zero-order valence-corrected chi connectivity index (χ0v) is 11.4. The zero-order chi connectivity index (χ0) is 13.2. The van der Waals surface area contributed by atoms with Gasteiger partial charge in [-0.2, -0.15) is 0 Å². The van der Waals surface area contributed by atoms with Crippen molar-refractivity contribution in [1.82, 2.24) is 5.16 Å². The van der Waals surface area contributed by atoms with E-state index >= 15 is 0 Å². The Hall–Kier alpha value is -2.07. The topological polar surface area (TPSA) is 52.0 Å². The highest BCUT2D eigenvalue weighted by molar-refractivity contribution is 7.13. The van der Waals surface area contributed by atoms with Gasteiger partial charge in [0.2, 0.25) is 0 Å². The van der Waals surface area contributed by atoms with E-state index in [1.807, 2.05) is 30.3 Å². The molecule has 0 saturated carbocycles. The van der Waals surface area contributed by atoms with Crippen molar-refractivity contribution in [2.75, 3.05) is 5.73 Å². The minimum Gasteiger partial charge on any atom is -0.380 e. The molecule has 0 unspecified atom stereocenters. The molecule has 96 valence electrons. The fraction of sp³-hybridized carbons (Fsp3) is 0.133. The van der Waals surface area contributed by atoms with Crippen LogP contribution < -0.4 is 5.73 Å². The lowest BCUT2D eigenvalue weighted by Crippen LogP contribution is -1.88. The molecular weight excluding hydrogens is 256 g/mol. The first-order valence-electron chi connectivity index (χ1n) is 6.18. The third-order valence-corrected chi connectivity index (χ3v) is 4.07. The van der Waals surface area contributed by atoms with Crippen LogP contribution in [0.3, 0.4) is 0 Å². The monoisotopic (exact) mass is 270 g/mol. The lowest BCUT2D eigenvalue weighted by atomic mass is 10.0. The van der Waals surface area contributed by atoms with Gasteiger partial charge in [-0.3, -0.25) is 0 Å². The van der Waals surface area contributed by atoms with Gasteiger partial charge in [0, 0.05) is 0 Å². The minimum atomic E-state index is 0.441. The number of anilines is 1. The van der Waals surface area contributed by atoms with Crippen molar-refractivity contribution < 1.29 is 4.52 Å². The molecule has 0 aliphatic rings. The minimum absolute atomic E-state index is 0.441. The van der Waals surface area contributed by atoms with Crippen LogP contribution in [0.25, 0.3) is 21.8 Å². The molecular formula is C15H14N2OS. The Kier molecular flexibility index (Phi) is 3.09. The van der Waals surface area contributed by atoms with Gasteiger partial charge in [0.15, 0.2) is 11.6 Å². The highest BCUT2D eigenvalue weighted by Gasteiger charge is 2.20. The summed E-state index contributed by atoms with van der Waals surface area (Å²) in [6.07, 6.45) is 0.966. The van der Waals surface area contributed by atoms with Crippen molar-refractivity contribution in [3.8, 4) is 21.8 Å². The molecule has 0 atom stereocenters. The maximum Gasteiger partial charge on any atom is 0.187 e. The van der Waals surface area contributed by atoms with Crippen LogP contribution in [0, 0.1) is 0 Å². The van der Waals surface area contributed by atoms with Gasteiger partial charge >= 0.3 is 0 Å². The summed E-state index contributed by atoms with van der Waals surface area (Å²) in [5.74, 6) is 1.22. The van der Waals surface area contributed by atoms with Crippen molar-refractivity contribution in [1.29, 1.82) is 0 Å². The molecule has 2 N–H and O–H groups in total. The predicted molar refractivity (Wildman–Crippen MR) is 79.0 cm³/mol. The van der Waals surface area contributed by atoms with Gasteiger partial charge in [-0.25, -0.2) is 0 Å². The Morgan fingerprint density at radius 2 is 2.00 bits per heavy atom. The largest absolute Gasteiger partial charge is 0.380 e. The second kappa shape index (κ2) is 4.90. The summed E-state index contributed by atoms with van der Waals surface area (Å²) in [4.78, 5) is 1.12. The van der Waals surface area contributed by atoms with Gasteiger partial charge in [-0.15, -0.1) is 11.3 Å². The number of nitrogen functional groups attached to an aromatic ring is 1. The second-order valence-electron chi connectivity index (χ2n) is 4.27. The summed E-state index contributed by atoms with van der Waals surface area (Å²) in [7, 11) is 0. The van der Waals surface area contributed by atoms with E-state index in [1.165, 1.54) is 5.56 Å². The number of benzene rings is 1. The number of aromatic nitrogens is 1. The molecule has 0 aliphatic carbocycles. The van der Waals surface area contributed by atoms with E-state index in [0.29, 0.717) is 5.82 Å². The first-order valence-corrected chi connectivity index (χ1v) is 7.06. The lowest BCUT2D eigenvalue weighted by molar-refractivity contribution is 0.436.